The van der Waals surface area contributed by atoms with Crippen molar-refractivity contribution >= 4 is 35.0 Å². The van der Waals surface area contributed by atoms with Crippen LogP contribution in [0.1, 0.15) is 52.0 Å². The smallest absolute Gasteiger partial charge is 0.310 e. The number of methoxy groups -OCH3 is 1. The van der Waals surface area contributed by atoms with Gasteiger partial charge in [0.1, 0.15) is 6.04 Å². The molecular formula is C31H36N6O7. The second kappa shape index (κ2) is 12.2. The molecule has 4 aliphatic heterocycles. The second-order valence-corrected chi connectivity index (χ2v) is 11.9. The molecule has 0 radical (unpaired) electrons. The van der Waals surface area contributed by atoms with Gasteiger partial charge in [-0.15, -0.1) is 0 Å². The lowest BCUT2D eigenvalue weighted by atomic mass is 9.95. The zero-order valence-corrected chi connectivity index (χ0v) is 24.7. The van der Waals surface area contributed by atoms with Gasteiger partial charge in [-0.25, -0.2) is 0 Å². The van der Waals surface area contributed by atoms with Crippen molar-refractivity contribution in [3.8, 4) is 5.75 Å². The van der Waals surface area contributed by atoms with Crippen molar-refractivity contribution in [2.45, 2.75) is 38.3 Å². The Balaban J connectivity index is 0.980. The van der Waals surface area contributed by atoms with Gasteiger partial charge in [-0.1, -0.05) is 0 Å². The van der Waals surface area contributed by atoms with Crippen LogP contribution >= 0.6 is 0 Å². The third kappa shape index (κ3) is 5.83. The van der Waals surface area contributed by atoms with Gasteiger partial charge in [0, 0.05) is 87.7 Å². The number of ether oxygens (including phenoxy) is 1. The number of amides is 4. The average Bonchev–Trinajstić information content (AvgIpc) is 3.36. The molecule has 3 saturated heterocycles. The first-order valence-corrected chi connectivity index (χ1v) is 15.1. The molecule has 0 spiro atoms. The average molecular weight is 605 g/mol. The van der Waals surface area contributed by atoms with Crippen LogP contribution in [0.3, 0.4) is 0 Å². The van der Waals surface area contributed by atoms with Gasteiger partial charge < -0.3 is 19.4 Å². The Morgan fingerprint density at radius 1 is 1.00 bits per heavy atom. The second-order valence-electron chi connectivity index (χ2n) is 11.9. The minimum Gasteiger partial charge on any atom is -0.490 e. The summed E-state index contributed by atoms with van der Waals surface area (Å²) in [4.78, 5) is 68.8. The van der Waals surface area contributed by atoms with Gasteiger partial charge >= 0.3 is 5.69 Å². The Morgan fingerprint density at radius 2 is 1.75 bits per heavy atom. The van der Waals surface area contributed by atoms with Crippen LogP contribution in [0.15, 0.2) is 36.4 Å². The number of nitrogens with zero attached hydrogens (tertiary/aromatic N) is 5. The van der Waals surface area contributed by atoms with Gasteiger partial charge in [-0.3, -0.25) is 39.5 Å². The molecule has 4 heterocycles. The number of nitro groups is 1. The van der Waals surface area contributed by atoms with Crippen LogP contribution in [-0.4, -0.2) is 102 Å². The van der Waals surface area contributed by atoms with Crippen LogP contribution in [0.2, 0.25) is 0 Å². The van der Waals surface area contributed by atoms with Gasteiger partial charge in [0.25, 0.3) is 11.8 Å². The van der Waals surface area contributed by atoms with Crippen LogP contribution < -0.4 is 15.0 Å². The molecule has 232 valence electrons. The summed E-state index contributed by atoms with van der Waals surface area (Å²) in [6.45, 7) is 6.19. The van der Waals surface area contributed by atoms with Crippen LogP contribution in [0.5, 0.6) is 5.75 Å². The Hall–Kier alpha value is -4.52. The van der Waals surface area contributed by atoms with E-state index in [2.05, 4.69) is 21.2 Å². The Morgan fingerprint density at radius 3 is 2.43 bits per heavy atom. The van der Waals surface area contributed by atoms with Gasteiger partial charge in [-0.2, -0.15) is 0 Å². The van der Waals surface area contributed by atoms with E-state index in [-0.39, 0.29) is 35.6 Å². The van der Waals surface area contributed by atoms with Crippen molar-refractivity contribution in [2.24, 2.45) is 5.92 Å². The van der Waals surface area contributed by atoms with Crippen molar-refractivity contribution in [1.82, 2.24) is 20.0 Å². The molecule has 6 rings (SSSR count). The summed E-state index contributed by atoms with van der Waals surface area (Å²) >= 11 is 0. The lowest BCUT2D eigenvalue weighted by molar-refractivity contribution is -0.385. The summed E-state index contributed by atoms with van der Waals surface area (Å²) in [5.41, 5.74) is 2.82. The Kier molecular flexibility index (Phi) is 8.21. The van der Waals surface area contributed by atoms with E-state index in [0.717, 1.165) is 56.8 Å². The predicted octanol–water partition coefficient (Wildman–Crippen LogP) is 2.04. The summed E-state index contributed by atoms with van der Waals surface area (Å²) in [6.07, 6.45) is 2.39. The highest BCUT2D eigenvalue weighted by Crippen LogP contribution is 2.32. The minimum absolute atomic E-state index is 0.0810. The maximum Gasteiger partial charge on any atom is 0.310 e. The number of piperidine rings is 2. The van der Waals surface area contributed by atoms with Crippen LogP contribution in [0.25, 0.3) is 0 Å². The number of fused-ring (bicyclic) bond motifs is 1. The maximum atomic E-state index is 13.1. The number of hydrogen-bond donors (Lipinski definition) is 1. The van der Waals surface area contributed by atoms with Crippen LogP contribution in [-0.2, 0) is 16.1 Å². The molecule has 0 aliphatic carbocycles. The highest BCUT2D eigenvalue weighted by molar-refractivity contribution is 6.05. The fourth-order valence-electron chi connectivity index (χ4n) is 6.77. The Bertz CT molecular complexity index is 1500. The molecule has 44 heavy (non-hydrogen) atoms. The molecule has 2 aromatic rings. The number of rotatable bonds is 7. The number of piperazine rings is 1. The van der Waals surface area contributed by atoms with E-state index < -0.39 is 16.9 Å². The fourth-order valence-corrected chi connectivity index (χ4v) is 6.77. The van der Waals surface area contributed by atoms with Gasteiger partial charge in [0.2, 0.25) is 11.8 Å². The van der Waals surface area contributed by atoms with Crippen molar-refractivity contribution in [1.29, 1.82) is 0 Å². The van der Waals surface area contributed by atoms with Gasteiger partial charge in [0.15, 0.2) is 5.75 Å². The molecule has 0 saturated carbocycles. The number of benzene rings is 2. The quantitative estimate of drug-likeness (QED) is 0.285. The van der Waals surface area contributed by atoms with Crippen molar-refractivity contribution in [3.05, 3.63) is 63.2 Å². The molecule has 1 N–H and O–H groups in total. The van der Waals surface area contributed by atoms with E-state index in [4.69, 9.17) is 4.74 Å². The molecule has 13 heteroatoms. The molecule has 2 aromatic carbocycles. The van der Waals surface area contributed by atoms with Gasteiger partial charge in [-0.05, 0) is 55.0 Å². The third-order valence-electron chi connectivity index (χ3n) is 9.29. The van der Waals surface area contributed by atoms with E-state index in [1.165, 1.54) is 25.3 Å². The number of anilines is 1. The first-order valence-electron chi connectivity index (χ1n) is 15.1. The number of imide groups is 1. The Labute approximate surface area is 254 Å². The summed E-state index contributed by atoms with van der Waals surface area (Å²) in [7, 11) is 1.36. The van der Waals surface area contributed by atoms with Crippen molar-refractivity contribution < 1.29 is 28.8 Å². The van der Waals surface area contributed by atoms with E-state index in [1.54, 1.807) is 4.90 Å². The van der Waals surface area contributed by atoms with Crippen LogP contribution in [0, 0.1) is 16.0 Å². The van der Waals surface area contributed by atoms with Gasteiger partial charge in [0.05, 0.1) is 12.0 Å². The fraction of sp³-hybridized carbons (Fsp3) is 0.484. The van der Waals surface area contributed by atoms with Crippen LogP contribution in [0.4, 0.5) is 11.4 Å². The zero-order valence-electron chi connectivity index (χ0n) is 24.7. The van der Waals surface area contributed by atoms with E-state index in [9.17, 15) is 29.3 Å². The summed E-state index contributed by atoms with van der Waals surface area (Å²) in [5.74, 6) is -0.425. The molecule has 0 aromatic heterocycles. The largest absolute Gasteiger partial charge is 0.490 e. The molecule has 1 atom stereocenters. The standard InChI is InChI=1S/C31H36N6O7/c1-44-27-17-21(2-5-25(27)37(42)43)30(40)35-10-8-20(9-11-35)18-33-12-14-34(15-13-33)23-3-4-24-22(16-23)19-36(31(24)41)26-6-7-28(38)32-29(26)39/h2-5,16-17,20,26H,6-15,18-19H2,1H3,(H,32,38,39). The predicted molar refractivity (Wildman–Crippen MR) is 159 cm³/mol. The molecular weight excluding hydrogens is 568 g/mol. The number of carbonyl (C=O) groups excluding carboxylic acids is 4. The number of likely N-dealkylation sites (tertiary alicyclic amines) is 1. The normalized spacial score (nSPS) is 21.3. The molecule has 4 aliphatic rings. The lowest BCUT2D eigenvalue weighted by Crippen LogP contribution is -2.52. The van der Waals surface area contributed by atoms with E-state index in [1.807, 2.05) is 17.0 Å². The lowest BCUT2D eigenvalue weighted by Gasteiger charge is -2.39. The molecule has 13 nitrogen and oxygen atoms in total. The first kappa shape index (κ1) is 29.5. The summed E-state index contributed by atoms with van der Waals surface area (Å²) < 4.78 is 5.12. The molecule has 3 fully saturated rings. The molecule has 4 amide bonds. The number of nitro benzene ring substituents is 1. The van der Waals surface area contributed by atoms with E-state index in [0.29, 0.717) is 43.1 Å². The number of hydrogen-bond acceptors (Lipinski definition) is 9. The third-order valence-corrected chi connectivity index (χ3v) is 9.29. The molecule has 0 bridgehead atoms. The monoisotopic (exact) mass is 604 g/mol. The first-order chi connectivity index (χ1) is 21.2. The zero-order chi connectivity index (χ0) is 31.0. The highest BCUT2D eigenvalue weighted by atomic mass is 16.6. The summed E-state index contributed by atoms with van der Waals surface area (Å²) in [6, 6.07) is 9.52. The maximum absolute atomic E-state index is 13.1. The van der Waals surface area contributed by atoms with E-state index >= 15 is 0 Å². The van der Waals surface area contributed by atoms with Crippen molar-refractivity contribution in [2.75, 3.05) is 57.8 Å². The summed E-state index contributed by atoms with van der Waals surface area (Å²) in [5, 5.41) is 13.5. The highest BCUT2D eigenvalue weighted by Gasteiger charge is 2.39. The minimum atomic E-state index is -0.615. The number of nitrogens with one attached hydrogen (secondary N) is 1. The molecule has 1 unspecified atom stereocenters. The topological polar surface area (TPSA) is 146 Å². The SMILES string of the molecule is COc1cc(C(=O)N2CCC(CN3CCN(c4ccc5c(c4)CN(C4CCC(=O)NC4=O)C5=O)CC3)CC2)ccc1[N+](=O)[O-]. The van der Waals surface area contributed by atoms with Crippen molar-refractivity contribution in [3.63, 3.8) is 0 Å². The number of carbonyl (C=O) groups is 4.